The number of nitrogens with zero attached hydrogens (tertiary/aromatic N) is 6. The van der Waals surface area contributed by atoms with Crippen LogP contribution in [0, 0.1) is 0 Å². The zero-order chi connectivity index (χ0) is 32.5. The highest BCUT2D eigenvalue weighted by Crippen LogP contribution is 2.41. The van der Waals surface area contributed by atoms with Crippen molar-refractivity contribution in [3.63, 3.8) is 0 Å². The number of primary amides is 1. The second-order valence-electron chi connectivity index (χ2n) is 12.0. The summed E-state index contributed by atoms with van der Waals surface area (Å²) in [6.07, 6.45) is 7.71. The second-order valence-corrected chi connectivity index (χ2v) is 12.0. The van der Waals surface area contributed by atoms with Crippen LogP contribution in [-0.4, -0.2) is 42.0 Å². The molecule has 4 heterocycles. The summed E-state index contributed by atoms with van der Waals surface area (Å²) in [5.74, 6) is 0.0117. The molecule has 1 unspecified atom stereocenters. The van der Waals surface area contributed by atoms with Gasteiger partial charge in [-0.2, -0.15) is 5.10 Å². The Kier molecular flexibility index (Phi) is 7.58. The Morgan fingerprint density at radius 3 is 2.08 bits per heavy atom. The van der Waals surface area contributed by atoms with Gasteiger partial charge in [-0.3, -0.25) is 9.78 Å². The van der Waals surface area contributed by atoms with E-state index in [1.165, 1.54) is 0 Å². The zero-order valence-corrected chi connectivity index (χ0v) is 26.2. The molecule has 1 amide bonds. The molecule has 8 rings (SSSR count). The number of fused-ring (bicyclic) bond motifs is 1. The summed E-state index contributed by atoms with van der Waals surface area (Å²) >= 11 is 0. The van der Waals surface area contributed by atoms with Gasteiger partial charge in [0.2, 0.25) is 5.91 Å². The first-order chi connectivity index (χ1) is 23.6. The Morgan fingerprint density at radius 2 is 1.48 bits per heavy atom. The summed E-state index contributed by atoms with van der Waals surface area (Å²) in [6.45, 7) is 0.673. The van der Waals surface area contributed by atoms with Gasteiger partial charge in [-0.1, -0.05) is 91.0 Å². The van der Waals surface area contributed by atoms with Crippen LogP contribution in [0.3, 0.4) is 0 Å². The van der Waals surface area contributed by atoms with Crippen molar-refractivity contribution in [3.8, 4) is 22.6 Å². The summed E-state index contributed by atoms with van der Waals surface area (Å²) in [7, 11) is 0. The van der Waals surface area contributed by atoms with Crippen LogP contribution in [0.15, 0.2) is 134 Å². The molecule has 7 aromatic rings. The molecule has 0 saturated carbocycles. The predicted octanol–water partition coefficient (Wildman–Crippen LogP) is 7.00. The maximum absolute atomic E-state index is 12.5. The Balaban J connectivity index is 1.32. The highest BCUT2D eigenvalue weighted by Gasteiger charge is 2.39. The standard InChI is InChI=1S/C39H33N7O2/c40-37(47)31-21-22-41-25-33(31)36-32-24-27(19-20-34(32)46(43-36)35-18-10-11-23-48-35)38-42-26-45(44-38)39(28-12-4-1-5-13-28,29-14-6-2-7-15-29)30-16-8-3-9-17-30/h1-9,12-17,19-22,24-26,35H,10-11,18,23H2,(H2,40,47). The summed E-state index contributed by atoms with van der Waals surface area (Å²) in [5.41, 5.74) is 11.4. The third-order valence-corrected chi connectivity index (χ3v) is 9.14. The molecule has 236 valence electrons. The fraction of sp³-hybridized carbons (Fsp3) is 0.154. The van der Waals surface area contributed by atoms with Crippen molar-refractivity contribution >= 4 is 16.8 Å². The molecule has 1 saturated heterocycles. The van der Waals surface area contributed by atoms with Crippen molar-refractivity contribution < 1.29 is 9.53 Å². The lowest BCUT2D eigenvalue weighted by molar-refractivity contribution is -0.0365. The molecular weight excluding hydrogens is 598 g/mol. The molecule has 0 radical (unpaired) electrons. The van der Waals surface area contributed by atoms with E-state index in [4.69, 9.17) is 25.7 Å². The first kappa shape index (κ1) is 29.5. The van der Waals surface area contributed by atoms with Gasteiger partial charge in [-0.15, -0.1) is 5.10 Å². The van der Waals surface area contributed by atoms with Crippen molar-refractivity contribution in [1.29, 1.82) is 0 Å². The summed E-state index contributed by atoms with van der Waals surface area (Å²) in [4.78, 5) is 21.7. The van der Waals surface area contributed by atoms with Crippen LogP contribution in [0.5, 0.6) is 0 Å². The van der Waals surface area contributed by atoms with Crippen LogP contribution in [-0.2, 0) is 10.3 Å². The van der Waals surface area contributed by atoms with Gasteiger partial charge in [0, 0.05) is 35.5 Å². The lowest BCUT2D eigenvalue weighted by atomic mass is 9.77. The Morgan fingerprint density at radius 1 is 0.812 bits per heavy atom. The van der Waals surface area contributed by atoms with Crippen molar-refractivity contribution in [1.82, 2.24) is 29.5 Å². The lowest BCUT2D eigenvalue weighted by Gasteiger charge is -2.35. The maximum atomic E-state index is 12.5. The number of rotatable bonds is 8. The van der Waals surface area contributed by atoms with Gasteiger partial charge >= 0.3 is 0 Å². The second kappa shape index (κ2) is 12.4. The van der Waals surface area contributed by atoms with Crippen LogP contribution in [0.25, 0.3) is 33.5 Å². The average Bonchev–Trinajstić information content (AvgIpc) is 3.80. The van der Waals surface area contributed by atoms with E-state index in [9.17, 15) is 4.79 Å². The summed E-state index contributed by atoms with van der Waals surface area (Å²) < 4.78 is 10.0. The van der Waals surface area contributed by atoms with E-state index in [1.807, 2.05) is 45.8 Å². The number of nitrogens with two attached hydrogens (primary N) is 1. The molecule has 9 heteroatoms. The van der Waals surface area contributed by atoms with Crippen molar-refractivity contribution in [2.75, 3.05) is 6.61 Å². The first-order valence-electron chi connectivity index (χ1n) is 16.1. The van der Waals surface area contributed by atoms with E-state index in [0.717, 1.165) is 52.4 Å². The van der Waals surface area contributed by atoms with E-state index in [2.05, 4.69) is 77.8 Å². The third-order valence-electron chi connectivity index (χ3n) is 9.14. The highest BCUT2D eigenvalue weighted by molar-refractivity contribution is 6.04. The normalized spacial score (nSPS) is 15.0. The van der Waals surface area contributed by atoms with Gasteiger partial charge in [0.15, 0.2) is 12.1 Å². The number of aromatic nitrogens is 6. The SMILES string of the molecule is NC(=O)c1ccncc1-c1nn(C2CCCCO2)c2ccc(-c3ncn(C(c4ccccc4)(c4ccccc4)c4ccccc4)n3)cc12. The Labute approximate surface area is 277 Å². The number of ether oxygens (including phenoxy) is 1. The minimum absolute atomic E-state index is 0.213. The van der Waals surface area contributed by atoms with E-state index in [-0.39, 0.29) is 6.23 Å². The molecule has 0 spiro atoms. The maximum Gasteiger partial charge on any atom is 0.249 e. The van der Waals surface area contributed by atoms with Gasteiger partial charge in [0.1, 0.15) is 17.6 Å². The van der Waals surface area contributed by atoms with Gasteiger partial charge in [-0.05, 0) is 60.2 Å². The molecule has 1 fully saturated rings. The number of hydrogen-bond acceptors (Lipinski definition) is 6. The predicted molar refractivity (Wildman–Crippen MR) is 184 cm³/mol. The van der Waals surface area contributed by atoms with Crippen LogP contribution in [0.2, 0.25) is 0 Å². The fourth-order valence-corrected chi connectivity index (χ4v) is 6.90. The molecule has 4 aromatic carbocycles. The first-order valence-corrected chi connectivity index (χ1v) is 16.1. The monoisotopic (exact) mass is 631 g/mol. The zero-order valence-electron chi connectivity index (χ0n) is 26.2. The number of amides is 1. The fourth-order valence-electron chi connectivity index (χ4n) is 6.90. The molecule has 1 atom stereocenters. The van der Waals surface area contributed by atoms with Gasteiger partial charge in [0.25, 0.3) is 0 Å². The van der Waals surface area contributed by atoms with Gasteiger partial charge in [0.05, 0.1) is 11.1 Å². The molecule has 9 nitrogen and oxygen atoms in total. The van der Waals surface area contributed by atoms with E-state index in [0.29, 0.717) is 29.3 Å². The van der Waals surface area contributed by atoms with E-state index >= 15 is 0 Å². The minimum Gasteiger partial charge on any atom is -0.366 e. The lowest BCUT2D eigenvalue weighted by Crippen LogP contribution is -2.38. The quantitative estimate of drug-likeness (QED) is 0.181. The van der Waals surface area contributed by atoms with Crippen LogP contribution in [0.1, 0.15) is 52.5 Å². The minimum atomic E-state index is -0.792. The van der Waals surface area contributed by atoms with Crippen LogP contribution >= 0.6 is 0 Å². The number of carbonyl (C=O) groups excluding carboxylic acids is 1. The molecule has 1 aliphatic rings. The number of hydrogen-bond donors (Lipinski definition) is 1. The van der Waals surface area contributed by atoms with E-state index in [1.54, 1.807) is 24.8 Å². The van der Waals surface area contributed by atoms with Crippen molar-refractivity contribution in [2.24, 2.45) is 5.73 Å². The molecule has 3 aromatic heterocycles. The highest BCUT2D eigenvalue weighted by atomic mass is 16.5. The van der Waals surface area contributed by atoms with Crippen molar-refractivity contribution in [2.45, 2.75) is 31.0 Å². The molecule has 0 bridgehead atoms. The average molecular weight is 632 g/mol. The molecule has 48 heavy (non-hydrogen) atoms. The van der Waals surface area contributed by atoms with Crippen LogP contribution < -0.4 is 5.73 Å². The molecule has 0 aliphatic carbocycles. The molecular formula is C39H33N7O2. The smallest absolute Gasteiger partial charge is 0.249 e. The van der Waals surface area contributed by atoms with Gasteiger partial charge in [-0.25, -0.2) is 14.3 Å². The largest absolute Gasteiger partial charge is 0.366 e. The van der Waals surface area contributed by atoms with E-state index < -0.39 is 11.4 Å². The topological polar surface area (TPSA) is 114 Å². The Hall–Kier alpha value is -5.93. The number of carbonyl (C=O) groups is 1. The number of pyridine rings is 1. The molecule has 2 N–H and O–H groups in total. The summed E-state index contributed by atoms with van der Waals surface area (Å²) in [6, 6.07) is 38.9. The molecule has 1 aliphatic heterocycles. The Bertz CT molecular complexity index is 2110. The van der Waals surface area contributed by atoms with Crippen molar-refractivity contribution in [3.05, 3.63) is 156 Å². The van der Waals surface area contributed by atoms with Crippen LogP contribution in [0.4, 0.5) is 0 Å². The third kappa shape index (κ3) is 4.96. The number of benzene rings is 4. The summed E-state index contributed by atoms with van der Waals surface area (Å²) in [5, 5.41) is 11.1. The van der Waals surface area contributed by atoms with Gasteiger partial charge < -0.3 is 10.5 Å².